The number of hydrogen-bond donors (Lipinski definition) is 1. The van der Waals surface area contributed by atoms with Gasteiger partial charge in [-0.25, -0.2) is 0 Å². The Morgan fingerprint density at radius 1 is 1.00 bits per heavy atom. The van der Waals surface area contributed by atoms with Crippen LogP contribution in [0.15, 0.2) is 30.3 Å². The van der Waals surface area contributed by atoms with Gasteiger partial charge in [0.2, 0.25) is 0 Å². The third kappa shape index (κ3) is 4.35. The van der Waals surface area contributed by atoms with E-state index in [1.54, 1.807) is 6.92 Å². The van der Waals surface area contributed by atoms with Crippen molar-refractivity contribution in [3.63, 3.8) is 0 Å². The monoisotopic (exact) mass is 278 g/mol. The van der Waals surface area contributed by atoms with Crippen LogP contribution in [0.1, 0.15) is 19.4 Å². The van der Waals surface area contributed by atoms with Crippen LogP contribution >= 0.6 is 0 Å². The smallest absolute Gasteiger partial charge is 0.312 e. The molecule has 0 aromatic heterocycles. The van der Waals surface area contributed by atoms with Crippen LogP contribution in [0.3, 0.4) is 0 Å². The van der Waals surface area contributed by atoms with Crippen molar-refractivity contribution in [2.45, 2.75) is 20.4 Å². The minimum Gasteiger partial charge on any atom is -0.395 e. The van der Waals surface area contributed by atoms with E-state index in [1.807, 2.05) is 37.3 Å². The molecule has 0 fully saturated rings. The zero-order valence-corrected chi connectivity index (χ0v) is 12.1. The van der Waals surface area contributed by atoms with Crippen LogP contribution in [-0.2, 0) is 16.1 Å². The van der Waals surface area contributed by atoms with E-state index < -0.39 is 11.8 Å². The highest BCUT2D eigenvalue weighted by Gasteiger charge is 2.25. The number of rotatable bonds is 6. The Labute approximate surface area is 119 Å². The average molecular weight is 278 g/mol. The Hall–Kier alpha value is -1.88. The number of likely N-dealkylation sites (N-methyl/N-ethyl adjacent to an activating group) is 2. The third-order valence-corrected chi connectivity index (χ3v) is 3.11. The van der Waals surface area contributed by atoms with Gasteiger partial charge in [-0.05, 0) is 19.4 Å². The predicted octanol–water partition coefficient (Wildman–Crippen LogP) is 0.876. The van der Waals surface area contributed by atoms with E-state index in [9.17, 15) is 9.59 Å². The number of carbonyl (C=O) groups is 2. The zero-order valence-electron chi connectivity index (χ0n) is 12.1. The second-order valence-corrected chi connectivity index (χ2v) is 4.41. The fourth-order valence-corrected chi connectivity index (χ4v) is 1.93. The number of aliphatic hydroxyl groups is 1. The van der Waals surface area contributed by atoms with Crippen LogP contribution in [0.5, 0.6) is 0 Å². The molecule has 0 aliphatic rings. The highest BCUT2D eigenvalue weighted by Crippen LogP contribution is 2.06. The van der Waals surface area contributed by atoms with Gasteiger partial charge in [-0.3, -0.25) is 9.59 Å². The molecule has 0 spiro atoms. The van der Waals surface area contributed by atoms with Gasteiger partial charge in [0.05, 0.1) is 6.61 Å². The molecule has 2 amide bonds. The molecule has 1 aromatic rings. The van der Waals surface area contributed by atoms with E-state index in [1.165, 1.54) is 9.80 Å². The minimum absolute atomic E-state index is 0.141. The highest BCUT2D eigenvalue weighted by molar-refractivity contribution is 6.34. The van der Waals surface area contributed by atoms with Crippen molar-refractivity contribution in [2.75, 3.05) is 26.2 Å². The molecule has 20 heavy (non-hydrogen) atoms. The van der Waals surface area contributed by atoms with Crippen molar-refractivity contribution in [3.05, 3.63) is 35.9 Å². The van der Waals surface area contributed by atoms with Crippen molar-refractivity contribution in [2.24, 2.45) is 0 Å². The van der Waals surface area contributed by atoms with Crippen molar-refractivity contribution in [1.82, 2.24) is 9.80 Å². The zero-order chi connectivity index (χ0) is 15.0. The third-order valence-electron chi connectivity index (χ3n) is 3.11. The van der Waals surface area contributed by atoms with Crippen molar-refractivity contribution in [3.8, 4) is 0 Å². The Kier molecular flexibility index (Phi) is 6.73. The number of aliphatic hydroxyl groups excluding tert-OH is 1. The Morgan fingerprint density at radius 3 is 2.05 bits per heavy atom. The molecule has 5 heteroatoms. The van der Waals surface area contributed by atoms with Crippen LogP contribution in [0.25, 0.3) is 0 Å². The van der Waals surface area contributed by atoms with Gasteiger partial charge in [-0.2, -0.15) is 0 Å². The largest absolute Gasteiger partial charge is 0.395 e. The second-order valence-electron chi connectivity index (χ2n) is 4.41. The summed E-state index contributed by atoms with van der Waals surface area (Å²) in [7, 11) is 0. The summed E-state index contributed by atoms with van der Waals surface area (Å²) in [5.41, 5.74) is 0.987. The molecule has 0 aliphatic heterocycles. The molecule has 0 radical (unpaired) electrons. The topological polar surface area (TPSA) is 60.9 Å². The van der Waals surface area contributed by atoms with Crippen LogP contribution in [0.4, 0.5) is 0 Å². The van der Waals surface area contributed by atoms with E-state index in [4.69, 9.17) is 5.11 Å². The molecule has 1 N–H and O–H groups in total. The molecule has 0 saturated carbocycles. The van der Waals surface area contributed by atoms with E-state index in [2.05, 4.69) is 0 Å². The van der Waals surface area contributed by atoms with Crippen LogP contribution in [-0.4, -0.2) is 53.0 Å². The Morgan fingerprint density at radius 2 is 1.55 bits per heavy atom. The Bertz CT molecular complexity index is 434. The van der Waals surface area contributed by atoms with E-state index in [0.29, 0.717) is 19.6 Å². The summed E-state index contributed by atoms with van der Waals surface area (Å²) in [5, 5.41) is 8.91. The summed E-state index contributed by atoms with van der Waals surface area (Å²) in [6, 6.07) is 9.56. The molecule has 0 aliphatic carbocycles. The fourth-order valence-electron chi connectivity index (χ4n) is 1.93. The summed E-state index contributed by atoms with van der Waals surface area (Å²) >= 11 is 0. The molecule has 0 saturated heterocycles. The van der Waals surface area contributed by atoms with E-state index in [0.717, 1.165) is 5.56 Å². The fraction of sp³-hybridized carbons (Fsp3) is 0.467. The maximum Gasteiger partial charge on any atom is 0.312 e. The molecule has 1 rings (SSSR count). The van der Waals surface area contributed by atoms with Crippen LogP contribution in [0, 0.1) is 0 Å². The number of hydrogen-bond acceptors (Lipinski definition) is 3. The number of benzene rings is 1. The van der Waals surface area contributed by atoms with Crippen molar-refractivity contribution < 1.29 is 14.7 Å². The molecule has 0 heterocycles. The van der Waals surface area contributed by atoms with E-state index >= 15 is 0 Å². The molecule has 0 unspecified atom stereocenters. The van der Waals surface area contributed by atoms with Gasteiger partial charge in [0.25, 0.3) is 0 Å². The van der Waals surface area contributed by atoms with Crippen LogP contribution < -0.4 is 0 Å². The lowest BCUT2D eigenvalue weighted by molar-refractivity contribution is -0.152. The van der Waals surface area contributed by atoms with Crippen LogP contribution in [0.2, 0.25) is 0 Å². The molecule has 1 aromatic carbocycles. The van der Waals surface area contributed by atoms with Gasteiger partial charge in [0.15, 0.2) is 0 Å². The molecular formula is C15H22N2O3. The van der Waals surface area contributed by atoms with Gasteiger partial charge in [-0.15, -0.1) is 0 Å². The van der Waals surface area contributed by atoms with Crippen molar-refractivity contribution in [1.29, 1.82) is 0 Å². The lowest BCUT2D eigenvalue weighted by atomic mass is 10.2. The minimum atomic E-state index is -0.556. The first kappa shape index (κ1) is 16.2. The maximum absolute atomic E-state index is 12.2. The van der Waals surface area contributed by atoms with Crippen molar-refractivity contribution >= 4 is 11.8 Å². The highest BCUT2D eigenvalue weighted by atomic mass is 16.3. The first-order chi connectivity index (χ1) is 9.63. The molecule has 0 bridgehead atoms. The summed E-state index contributed by atoms with van der Waals surface area (Å²) in [6.45, 7) is 4.97. The van der Waals surface area contributed by atoms with Gasteiger partial charge < -0.3 is 14.9 Å². The van der Waals surface area contributed by atoms with Gasteiger partial charge in [0.1, 0.15) is 0 Å². The maximum atomic E-state index is 12.2. The first-order valence-corrected chi connectivity index (χ1v) is 6.87. The Balaban J connectivity index is 2.73. The van der Waals surface area contributed by atoms with E-state index in [-0.39, 0.29) is 13.2 Å². The molecular weight excluding hydrogens is 256 g/mol. The SMILES string of the molecule is CCN(CCO)C(=O)C(=O)N(CC)Cc1ccccc1. The molecule has 110 valence electrons. The lowest BCUT2D eigenvalue weighted by Crippen LogP contribution is -2.45. The average Bonchev–Trinajstić information content (AvgIpc) is 2.50. The normalized spacial score (nSPS) is 10.2. The predicted molar refractivity (Wildman–Crippen MR) is 76.9 cm³/mol. The summed E-state index contributed by atoms with van der Waals surface area (Å²) in [5.74, 6) is -1.08. The summed E-state index contributed by atoms with van der Waals surface area (Å²) in [4.78, 5) is 27.2. The number of nitrogens with zero attached hydrogens (tertiary/aromatic N) is 2. The molecule has 5 nitrogen and oxygen atoms in total. The standard InChI is InChI=1S/C15H22N2O3/c1-3-16(10-11-18)14(19)15(20)17(4-2)12-13-8-6-5-7-9-13/h5-9,18H,3-4,10-12H2,1-2H3. The second kappa shape index (κ2) is 8.32. The lowest BCUT2D eigenvalue weighted by Gasteiger charge is -2.25. The quantitative estimate of drug-likeness (QED) is 0.786. The van der Waals surface area contributed by atoms with Gasteiger partial charge in [-0.1, -0.05) is 30.3 Å². The summed E-state index contributed by atoms with van der Waals surface area (Å²) in [6.07, 6.45) is 0. The summed E-state index contributed by atoms with van der Waals surface area (Å²) < 4.78 is 0. The van der Waals surface area contributed by atoms with Gasteiger partial charge >= 0.3 is 11.8 Å². The number of amides is 2. The molecule has 0 atom stereocenters. The first-order valence-electron chi connectivity index (χ1n) is 6.87. The van der Waals surface area contributed by atoms with Gasteiger partial charge in [0, 0.05) is 26.2 Å². The number of carbonyl (C=O) groups excluding carboxylic acids is 2.